The maximum Gasteiger partial charge on any atom is 0.416 e. The number of hydrogen-bond acceptors (Lipinski definition) is 3. The summed E-state index contributed by atoms with van der Waals surface area (Å²) < 4.78 is 39.0. The van der Waals surface area contributed by atoms with E-state index in [1.54, 1.807) is 6.07 Å². The Morgan fingerprint density at radius 2 is 2.00 bits per heavy atom. The Labute approximate surface area is 126 Å². The summed E-state index contributed by atoms with van der Waals surface area (Å²) >= 11 is 4.86. The van der Waals surface area contributed by atoms with Gasteiger partial charge in [0.2, 0.25) is 0 Å². The lowest BCUT2D eigenvalue weighted by Gasteiger charge is -2.15. The van der Waals surface area contributed by atoms with Gasteiger partial charge in [0.05, 0.1) is 15.4 Å². The number of rotatable bonds is 4. The summed E-state index contributed by atoms with van der Waals surface area (Å²) in [6.07, 6.45) is -3.93. The van der Waals surface area contributed by atoms with Crippen LogP contribution >= 0.6 is 27.3 Å². The van der Waals surface area contributed by atoms with Gasteiger partial charge in [-0.05, 0) is 46.1 Å². The van der Waals surface area contributed by atoms with Crippen molar-refractivity contribution >= 4 is 27.3 Å². The molecule has 0 spiro atoms. The van der Waals surface area contributed by atoms with Gasteiger partial charge in [-0.1, -0.05) is 18.2 Å². The number of hydrazine groups is 1. The molecule has 0 aliphatic carbocycles. The zero-order valence-corrected chi connectivity index (χ0v) is 12.6. The van der Waals surface area contributed by atoms with E-state index in [4.69, 9.17) is 5.84 Å². The summed E-state index contributed by atoms with van der Waals surface area (Å²) in [7, 11) is 0. The molecule has 1 unspecified atom stereocenters. The van der Waals surface area contributed by atoms with Crippen molar-refractivity contribution in [3.05, 3.63) is 56.2 Å². The highest BCUT2D eigenvalue weighted by Gasteiger charge is 2.30. The molecule has 20 heavy (non-hydrogen) atoms. The second kappa shape index (κ2) is 6.26. The molecule has 0 fully saturated rings. The first-order valence-corrected chi connectivity index (χ1v) is 7.38. The van der Waals surface area contributed by atoms with Crippen molar-refractivity contribution in [2.45, 2.75) is 18.6 Å². The van der Waals surface area contributed by atoms with Gasteiger partial charge in [0.1, 0.15) is 0 Å². The van der Waals surface area contributed by atoms with Crippen molar-refractivity contribution in [1.82, 2.24) is 5.43 Å². The zero-order valence-electron chi connectivity index (χ0n) is 10.2. The van der Waals surface area contributed by atoms with E-state index in [2.05, 4.69) is 21.4 Å². The zero-order chi connectivity index (χ0) is 14.8. The van der Waals surface area contributed by atoms with Crippen molar-refractivity contribution in [2.24, 2.45) is 5.84 Å². The molecular formula is C13H12BrF3N2S. The Morgan fingerprint density at radius 1 is 1.25 bits per heavy atom. The molecule has 3 N–H and O–H groups in total. The fraction of sp³-hybridized carbons (Fsp3) is 0.231. The smallest absolute Gasteiger partial charge is 0.271 e. The van der Waals surface area contributed by atoms with Crippen LogP contribution in [0.2, 0.25) is 0 Å². The summed E-state index contributed by atoms with van der Waals surface area (Å²) in [5.41, 5.74) is 2.60. The molecule has 1 aromatic carbocycles. The van der Waals surface area contributed by atoms with Gasteiger partial charge in [-0.3, -0.25) is 11.3 Å². The third kappa shape index (κ3) is 3.82. The van der Waals surface area contributed by atoms with Crippen molar-refractivity contribution in [1.29, 1.82) is 0 Å². The van der Waals surface area contributed by atoms with Gasteiger partial charge in [0.15, 0.2) is 0 Å². The van der Waals surface area contributed by atoms with E-state index in [1.165, 1.54) is 17.4 Å². The molecule has 0 radical (unpaired) electrons. The summed E-state index contributed by atoms with van der Waals surface area (Å²) in [4.78, 5) is 0.969. The van der Waals surface area contributed by atoms with Gasteiger partial charge in [0.25, 0.3) is 0 Å². The molecule has 0 aliphatic heterocycles. The maximum atomic E-state index is 12.7. The molecule has 0 amide bonds. The summed E-state index contributed by atoms with van der Waals surface area (Å²) in [5.74, 6) is 5.50. The molecule has 0 bridgehead atoms. The van der Waals surface area contributed by atoms with Crippen LogP contribution in [0.25, 0.3) is 0 Å². The number of nitrogens with one attached hydrogen (secondary N) is 1. The Hall–Kier alpha value is -0.890. The molecule has 108 valence electrons. The minimum absolute atomic E-state index is 0.213. The van der Waals surface area contributed by atoms with E-state index in [-0.39, 0.29) is 6.04 Å². The molecule has 2 nitrogen and oxygen atoms in total. The fourth-order valence-electron chi connectivity index (χ4n) is 1.87. The molecule has 0 saturated heterocycles. The van der Waals surface area contributed by atoms with Crippen molar-refractivity contribution in [3.63, 3.8) is 0 Å². The molecule has 2 aromatic rings. The van der Waals surface area contributed by atoms with E-state index in [9.17, 15) is 13.2 Å². The molecule has 1 aromatic heterocycles. The third-order valence-corrected chi connectivity index (χ3v) is 4.57. The lowest BCUT2D eigenvalue weighted by atomic mass is 10.0. The van der Waals surface area contributed by atoms with Gasteiger partial charge in [-0.15, -0.1) is 11.3 Å². The van der Waals surface area contributed by atoms with Crippen LogP contribution in [0.5, 0.6) is 0 Å². The van der Waals surface area contributed by atoms with Crippen molar-refractivity contribution in [2.75, 3.05) is 0 Å². The fourth-order valence-corrected chi connectivity index (χ4v) is 3.35. The number of alkyl halides is 3. The molecule has 7 heteroatoms. The predicted molar refractivity (Wildman–Crippen MR) is 77.2 cm³/mol. The Kier molecular flexibility index (Phi) is 4.85. The molecule has 0 saturated carbocycles. The Balaban J connectivity index is 2.20. The molecular weight excluding hydrogens is 353 g/mol. The average Bonchev–Trinajstić information content (AvgIpc) is 2.82. The van der Waals surface area contributed by atoms with Crippen LogP contribution in [0, 0.1) is 0 Å². The lowest BCUT2D eigenvalue weighted by Crippen LogP contribution is -2.29. The van der Waals surface area contributed by atoms with E-state index in [0.29, 0.717) is 12.0 Å². The molecule has 0 aliphatic rings. The molecule has 1 atom stereocenters. The largest absolute Gasteiger partial charge is 0.416 e. The number of nitrogens with two attached hydrogens (primary N) is 1. The van der Waals surface area contributed by atoms with Crippen LogP contribution in [-0.4, -0.2) is 0 Å². The van der Waals surface area contributed by atoms with Crippen LogP contribution in [-0.2, 0) is 12.6 Å². The normalized spacial score (nSPS) is 13.4. The highest BCUT2D eigenvalue weighted by molar-refractivity contribution is 9.11. The minimum Gasteiger partial charge on any atom is -0.271 e. The van der Waals surface area contributed by atoms with Crippen molar-refractivity contribution < 1.29 is 13.2 Å². The second-order valence-electron chi connectivity index (χ2n) is 4.26. The Bertz CT molecular complexity index is 583. The highest BCUT2D eigenvalue weighted by atomic mass is 79.9. The average molecular weight is 365 g/mol. The van der Waals surface area contributed by atoms with Gasteiger partial charge in [0, 0.05) is 4.88 Å². The van der Waals surface area contributed by atoms with E-state index < -0.39 is 11.7 Å². The summed E-state index contributed by atoms with van der Waals surface area (Å²) in [6.45, 7) is 0. The molecule has 1 heterocycles. The maximum absolute atomic E-state index is 12.7. The van der Waals surface area contributed by atoms with E-state index in [1.807, 2.05) is 12.1 Å². The number of halogens is 4. The topological polar surface area (TPSA) is 38.0 Å². The van der Waals surface area contributed by atoms with Crippen molar-refractivity contribution in [3.8, 4) is 0 Å². The second-order valence-corrected chi connectivity index (χ2v) is 6.76. The minimum atomic E-state index is -4.33. The van der Waals surface area contributed by atoms with Gasteiger partial charge < -0.3 is 0 Å². The summed E-state index contributed by atoms with van der Waals surface area (Å²) in [5, 5.41) is 0. The van der Waals surface area contributed by atoms with Crippen LogP contribution in [0.15, 0.2) is 40.2 Å². The van der Waals surface area contributed by atoms with E-state index in [0.717, 1.165) is 20.8 Å². The third-order valence-electron chi connectivity index (χ3n) is 2.83. The monoisotopic (exact) mass is 364 g/mol. The number of thiophene rings is 1. The van der Waals surface area contributed by atoms with Crippen LogP contribution in [0.4, 0.5) is 13.2 Å². The quantitative estimate of drug-likeness (QED) is 0.627. The predicted octanol–water partition coefficient (Wildman–Crippen LogP) is 4.28. The first-order valence-electron chi connectivity index (χ1n) is 5.77. The van der Waals surface area contributed by atoms with Gasteiger partial charge in [-0.2, -0.15) is 13.2 Å². The van der Waals surface area contributed by atoms with Gasteiger partial charge in [-0.25, -0.2) is 0 Å². The Morgan fingerprint density at radius 3 is 2.55 bits per heavy atom. The number of hydrogen-bond donors (Lipinski definition) is 2. The lowest BCUT2D eigenvalue weighted by molar-refractivity contribution is -0.137. The highest BCUT2D eigenvalue weighted by Crippen LogP contribution is 2.32. The number of benzene rings is 1. The van der Waals surface area contributed by atoms with Crippen LogP contribution in [0.3, 0.4) is 0 Å². The summed E-state index contributed by atoms with van der Waals surface area (Å²) in [6, 6.07) is 8.87. The van der Waals surface area contributed by atoms with Crippen LogP contribution in [0.1, 0.15) is 22.0 Å². The SMILES string of the molecule is NNC(Cc1cccc(C(F)(F)F)c1)c1ccc(Br)s1. The van der Waals surface area contributed by atoms with Gasteiger partial charge >= 0.3 is 6.18 Å². The molecule has 2 rings (SSSR count). The van der Waals surface area contributed by atoms with E-state index >= 15 is 0 Å². The first kappa shape index (κ1) is 15.5. The standard InChI is InChI=1S/C13H12BrF3N2S/c14-12-5-4-11(20-12)10(19-18)7-8-2-1-3-9(6-8)13(15,16)17/h1-6,10,19H,7,18H2. The first-order chi connectivity index (χ1) is 9.40. The van der Waals surface area contributed by atoms with Crippen LogP contribution < -0.4 is 11.3 Å².